The molecular weight excluding hydrogens is 360 g/mol. The molecule has 151 valence electrons. The van der Waals surface area contributed by atoms with Crippen LogP contribution in [0.2, 0.25) is 0 Å². The third kappa shape index (κ3) is 3.37. The summed E-state index contributed by atoms with van der Waals surface area (Å²) >= 11 is 0. The van der Waals surface area contributed by atoms with Gasteiger partial charge in [0.2, 0.25) is 0 Å². The molecule has 0 atom stereocenters. The van der Waals surface area contributed by atoms with Crippen LogP contribution in [0, 0.1) is 11.8 Å². The first kappa shape index (κ1) is 18.5. The van der Waals surface area contributed by atoms with E-state index >= 15 is 0 Å². The van der Waals surface area contributed by atoms with Crippen molar-refractivity contribution >= 4 is 11.5 Å². The molecule has 1 radical (unpaired) electrons. The molecule has 2 aliphatic heterocycles. The number of anilines is 1. The van der Waals surface area contributed by atoms with Crippen molar-refractivity contribution in [1.82, 2.24) is 9.88 Å². The molecule has 5 rings (SSSR count). The van der Waals surface area contributed by atoms with Gasteiger partial charge in [0.25, 0.3) is 0 Å². The molecule has 1 aliphatic carbocycles. The zero-order valence-electron chi connectivity index (χ0n) is 17.5. The quantitative estimate of drug-likeness (QED) is 0.828. The van der Waals surface area contributed by atoms with Crippen LogP contribution in [-0.2, 0) is 6.54 Å². The molecular formula is C24H29N4O. The third-order valence-corrected chi connectivity index (χ3v) is 6.27. The second-order valence-electron chi connectivity index (χ2n) is 8.83. The van der Waals surface area contributed by atoms with Crippen LogP contribution in [0.5, 0.6) is 5.75 Å². The molecule has 1 fully saturated rings. The van der Waals surface area contributed by atoms with Gasteiger partial charge in [-0.25, -0.2) is 4.98 Å². The number of pyridine rings is 1. The van der Waals surface area contributed by atoms with E-state index in [1.807, 2.05) is 0 Å². The van der Waals surface area contributed by atoms with Crippen LogP contribution < -0.4 is 9.64 Å². The SMILES string of the molecule is CC(C)c1cc([CH]CN2Cc3ccc(C4CC4)nc3C2=N)cc2c1OCCN2C. The van der Waals surface area contributed by atoms with E-state index in [1.54, 1.807) is 0 Å². The summed E-state index contributed by atoms with van der Waals surface area (Å²) < 4.78 is 6.01. The molecule has 1 saturated carbocycles. The number of likely N-dealkylation sites (N-methyl/N-ethyl adjacent to an activating group) is 1. The molecule has 0 saturated heterocycles. The van der Waals surface area contributed by atoms with Gasteiger partial charge in [0.1, 0.15) is 23.9 Å². The number of benzene rings is 1. The Hall–Kier alpha value is -2.56. The van der Waals surface area contributed by atoms with Gasteiger partial charge in [0.15, 0.2) is 0 Å². The monoisotopic (exact) mass is 389 g/mol. The van der Waals surface area contributed by atoms with Gasteiger partial charge in [-0.1, -0.05) is 26.0 Å². The van der Waals surface area contributed by atoms with E-state index in [9.17, 15) is 0 Å². The summed E-state index contributed by atoms with van der Waals surface area (Å²) in [6.45, 7) is 7.57. The topological polar surface area (TPSA) is 52.5 Å². The molecule has 1 aromatic heterocycles. The fourth-order valence-corrected chi connectivity index (χ4v) is 4.30. The van der Waals surface area contributed by atoms with Crippen LogP contribution in [0.1, 0.15) is 66.6 Å². The van der Waals surface area contributed by atoms with Crippen molar-refractivity contribution < 1.29 is 4.74 Å². The second kappa shape index (κ2) is 7.05. The van der Waals surface area contributed by atoms with Gasteiger partial charge >= 0.3 is 0 Å². The number of amidine groups is 1. The maximum Gasteiger partial charge on any atom is 0.147 e. The number of rotatable bonds is 5. The third-order valence-electron chi connectivity index (χ3n) is 6.27. The Morgan fingerprint density at radius 1 is 1.28 bits per heavy atom. The minimum Gasteiger partial charge on any atom is -0.489 e. The molecule has 0 unspecified atom stereocenters. The highest BCUT2D eigenvalue weighted by Crippen LogP contribution is 2.41. The molecule has 1 N–H and O–H groups in total. The smallest absolute Gasteiger partial charge is 0.147 e. The molecule has 3 heterocycles. The lowest BCUT2D eigenvalue weighted by Gasteiger charge is -2.31. The van der Waals surface area contributed by atoms with Crippen molar-refractivity contribution in [2.45, 2.75) is 45.1 Å². The Morgan fingerprint density at radius 3 is 2.86 bits per heavy atom. The van der Waals surface area contributed by atoms with E-state index in [0.717, 1.165) is 37.7 Å². The lowest BCUT2D eigenvalue weighted by molar-refractivity contribution is 0.306. The van der Waals surface area contributed by atoms with Crippen molar-refractivity contribution in [3.8, 4) is 5.75 Å². The molecule has 5 heteroatoms. The largest absolute Gasteiger partial charge is 0.489 e. The molecule has 0 bridgehead atoms. The van der Waals surface area contributed by atoms with Crippen molar-refractivity contribution in [3.63, 3.8) is 0 Å². The summed E-state index contributed by atoms with van der Waals surface area (Å²) in [6, 6.07) is 8.80. The molecule has 2 aromatic rings. The van der Waals surface area contributed by atoms with Gasteiger partial charge in [-0.05, 0) is 42.0 Å². The number of fused-ring (bicyclic) bond motifs is 2. The van der Waals surface area contributed by atoms with E-state index in [1.165, 1.54) is 40.9 Å². The summed E-state index contributed by atoms with van der Waals surface area (Å²) in [5, 5.41) is 8.62. The highest BCUT2D eigenvalue weighted by Gasteiger charge is 2.30. The van der Waals surface area contributed by atoms with Gasteiger partial charge in [-0.2, -0.15) is 0 Å². The first-order chi connectivity index (χ1) is 14.0. The number of nitrogens with zero attached hydrogens (tertiary/aromatic N) is 3. The molecule has 0 spiro atoms. The van der Waals surface area contributed by atoms with E-state index in [4.69, 9.17) is 15.1 Å². The van der Waals surface area contributed by atoms with Crippen molar-refractivity contribution in [1.29, 1.82) is 5.41 Å². The van der Waals surface area contributed by atoms with Crippen molar-refractivity contribution in [3.05, 3.63) is 58.8 Å². The van der Waals surface area contributed by atoms with E-state index < -0.39 is 0 Å². The van der Waals surface area contributed by atoms with Gasteiger partial charge in [0.05, 0.1) is 12.2 Å². The summed E-state index contributed by atoms with van der Waals surface area (Å²) in [5.41, 5.74) is 6.84. The lowest BCUT2D eigenvalue weighted by atomic mass is 9.96. The standard InChI is InChI=1S/C24H29N4O/c1-15(2)19-12-16(13-21-23(19)29-11-10-27(21)3)8-9-28-14-18-6-7-20(17-4-5-17)26-22(18)24(28)25/h6-8,12-13,15,17,25H,4-5,9-11,14H2,1-3H3. The molecule has 0 amide bonds. The van der Waals surface area contributed by atoms with Crippen molar-refractivity contribution in [2.75, 3.05) is 31.6 Å². The van der Waals surface area contributed by atoms with Crippen LogP contribution in [0.4, 0.5) is 5.69 Å². The van der Waals surface area contributed by atoms with Crippen LogP contribution in [0.25, 0.3) is 0 Å². The Balaban J connectivity index is 1.34. The van der Waals surface area contributed by atoms with E-state index in [-0.39, 0.29) is 0 Å². The first-order valence-corrected chi connectivity index (χ1v) is 10.7. The normalized spacial score (nSPS) is 18.1. The predicted octanol–water partition coefficient (Wildman–Crippen LogP) is 4.30. The average Bonchev–Trinajstić information content (AvgIpc) is 3.51. The molecule has 5 nitrogen and oxygen atoms in total. The maximum absolute atomic E-state index is 8.62. The zero-order chi connectivity index (χ0) is 20.1. The number of hydrogen-bond acceptors (Lipinski definition) is 4. The summed E-state index contributed by atoms with van der Waals surface area (Å²) in [5.74, 6) is 2.62. The van der Waals surface area contributed by atoms with Gasteiger partial charge in [-0.15, -0.1) is 0 Å². The minimum absolute atomic E-state index is 0.406. The highest BCUT2D eigenvalue weighted by molar-refractivity contribution is 5.98. The van der Waals surface area contributed by atoms with E-state index in [0.29, 0.717) is 17.7 Å². The number of ether oxygens (including phenoxy) is 1. The number of aromatic nitrogens is 1. The zero-order valence-corrected chi connectivity index (χ0v) is 17.5. The predicted molar refractivity (Wildman–Crippen MR) is 116 cm³/mol. The maximum atomic E-state index is 8.62. The van der Waals surface area contributed by atoms with Crippen LogP contribution in [-0.4, -0.2) is 42.5 Å². The summed E-state index contributed by atoms with van der Waals surface area (Å²) in [6.07, 6.45) is 4.72. The van der Waals surface area contributed by atoms with Gasteiger partial charge in [0, 0.05) is 43.7 Å². The second-order valence-corrected chi connectivity index (χ2v) is 8.83. The molecule has 29 heavy (non-hydrogen) atoms. The molecule has 1 aromatic carbocycles. The Bertz CT molecular complexity index is 946. The Kier molecular flexibility index (Phi) is 4.49. The number of hydrogen-bond donors (Lipinski definition) is 1. The summed E-state index contributed by atoms with van der Waals surface area (Å²) in [7, 11) is 2.13. The summed E-state index contributed by atoms with van der Waals surface area (Å²) in [4.78, 5) is 9.19. The highest BCUT2D eigenvalue weighted by atomic mass is 16.5. The molecule has 3 aliphatic rings. The van der Waals surface area contributed by atoms with Crippen LogP contribution in [0.3, 0.4) is 0 Å². The van der Waals surface area contributed by atoms with E-state index in [2.05, 4.69) is 61.4 Å². The minimum atomic E-state index is 0.406. The average molecular weight is 390 g/mol. The first-order valence-electron chi connectivity index (χ1n) is 10.7. The Labute approximate surface area is 173 Å². The lowest BCUT2D eigenvalue weighted by Crippen LogP contribution is -2.30. The fraction of sp³-hybridized carbons (Fsp3) is 0.458. The van der Waals surface area contributed by atoms with Crippen molar-refractivity contribution in [2.24, 2.45) is 0 Å². The van der Waals surface area contributed by atoms with Gasteiger partial charge in [-0.3, -0.25) is 5.41 Å². The van der Waals surface area contributed by atoms with Crippen LogP contribution in [0.15, 0.2) is 24.3 Å². The fourth-order valence-electron chi connectivity index (χ4n) is 4.30. The number of nitrogens with one attached hydrogen (secondary N) is 1. The van der Waals surface area contributed by atoms with Gasteiger partial charge < -0.3 is 14.5 Å². The Morgan fingerprint density at radius 2 is 2.10 bits per heavy atom. The van der Waals surface area contributed by atoms with Crippen LogP contribution >= 0.6 is 0 Å².